The van der Waals surface area contributed by atoms with Crippen LogP contribution in [0, 0.1) is 5.92 Å². The Morgan fingerprint density at radius 2 is 2.07 bits per heavy atom. The topological polar surface area (TPSA) is 50.6 Å². The van der Waals surface area contributed by atoms with Gasteiger partial charge >= 0.3 is 0 Å². The third-order valence-electron chi connectivity index (χ3n) is 6.95. The molecule has 1 aromatic heterocycles. The van der Waals surface area contributed by atoms with E-state index in [1.807, 2.05) is 23.0 Å². The first kappa shape index (κ1) is 17.7. The average molecular weight is 380 g/mol. The molecule has 6 rings (SSSR count). The Kier molecular flexibility index (Phi) is 4.59. The zero-order chi connectivity index (χ0) is 19.1. The molecule has 5 heterocycles. The molecule has 6 heteroatoms. The summed E-state index contributed by atoms with van der Waals surface area (Å²) in [4.78, 5) is 18.1. The van der Waals surface area contributed by atoms with Crippen molar-refractivity contribution in [1.29, 1.82) is 0 Å². The molecule has 1 aromatic carbocycles. The van der Waals surface area contributed by atoms with E-state index in [-0.39, 0.29) is 5.91 Å². The van der Waals surface area contributed by atoms with E-state index in [0.717, 1.165) is 12.3 Å². The number of likely N-dealkylation sites (tertiary alicyclic amines) is 1. The molecule has 2 bridgehead atoms. The molecule has 4 fully saturated rings. The second-order valence-corrected chi connectivity index (χ2v) is 8.30. The smallest absolute Gasteiger partial charge is 0.224 e. The van der Waals surface area contributed by atoms with Gasteiger partial charge in [-0.2, -0.15) is 5.10 Å². The molecule has 148 valence electrons. The third-order valence-corrected chi connectivity index (χ3v) is 6.95. The number of piperidine rings is 3. The van der Waals surface area contributed by atoms with Crippen LogP contribution in [0.25, 0.3) is 0 Å². The molecule has 0 N–H and O–H groups in total. The summed E-state index contributed by atoms with van der Waals surface area (Å²) in [6.45, 7) is 3.80. The lowest BCUT2D eigenvalue weighted by atomic mass is 9.75. The van der Waals surface area contributed by atoms with E-state index in [1.54, 1.807) is 13.3 Å². The first-order valence-electron chi connectivity index (χ1n) is 10.4. The van der Waals surface area contributed by atoms with Crippen LogP contribution in [-0.4, -0.2) is 64.3 Å². The molecule has 3 atom stereocenters. The van der Waals surface area contributed by atoms with Crippen LogP contribution in [0.4, 0.5) is 0 Å². The number of hydrogen-bond donors (Lipinski definition) is 0. The van der Waals surface area contributed by atoms with Gasteiger partial charge in [-0.15, -0.1) is 0 Å². The molecule has 0 aliphatic carbocycles. The zero-order valence-corrected chi connectivity index (χ0v) is 16.4. The van der Waals surface area contributed by atoms with Crippen LogP contribution < -0.4 is 4.74 Å². The number of carbonyl (C=O) groups is 1. The minimum Gasteiger partial charge on any atom is -0.497 e. The SMILES string of the molecule is COc1cccc(C2CN(C(=O)CCn3cccn3)C3C4CCN(CC4)C23)c1. The first-order valence-corrected chi connectivity index (χ1v) is 10.4. The molecule has 28 heavy (non-hydrogen) atoms. The van der Waals surface area contributed by atoms with E-state index in [1.165, 1.54) is 31.5 Å². The maximum absolute atomic E-state index is 13.2. The minimum absolute atomic E-state index is 0.268. The highest BCUT2D eigenvalue weighted by molar-refractivity contribution is 5.77. The Hall–Kier alpha value is -2.34. The number of fused-ring (bicyclic) bond motifs is 2. The number of hydrogen-bond acceptors (Lipinski definition) is 4. The number of carbonyl (C=O) groups excluding carboxylic acids is 1. The first-order chi connectivity index (χ1) is 13.7. The maximum atomic E-state index is 13.2. The Balaban J connectivity index is 1.41. The van der Waals surface area contributed by atoms with Gasteiger partial charge in [-0.3, -0.25) is 14.4 Å². The van der Waals surface area contributed by atoms with Crippen LogP contribution in [0.3, 0.4) is 0 Å². The molecule has 0 spiro atoms. The van der Waals surface area contributed by atoms with Gasteiger partial charge in [0.15, 0.2) is 0 Å². The van der Waals surface area contributed by atoms with Gasteiger partial charge < -0.3 is 9.64 Å². The van der Waals surface area contributed by atoms with E-state index in [0.29, 0.717) is 36.9 Å². The number of aryl methyl sites for hydroxylation is 1. The maximum Gasteiger partial charge on any atom is 0.224 e. The summed E-state index contributed by atoms with van der Waals surface area (Å²) in [7, 11) is 1.72. The molecular formula is C22H28N4O2. The molecule has 6 nitrogen and oxygen atoms in total. The summed E-state index contributed by atoms with van der Waals surface area (Å²) in [5, 5.41) is 4.24. The van der Waals surface area contributed by atoms with Crippen LogP contribution in [0.2, 0.25) is 0 Å². The van der Waals surface area contributed by atoms with Crippen molar-refractivity contribution in [1.82, 2.24) is 19.6 Å². The van der Waals surface area contributed by atoms with Gasteiger partial charge in [-0.1, -0.05) is 12.1 Å². The van der Waals surface area contributed by atoms with E-state index < -0.39 is 0 Å². The van der Waals surface area contributed by atoms with Gasteiger partial charge in [0.25, 0.3) is 0 Å². The average Bonchev–Trinajstić information content (AvgIpc) is 3.42. The van der Waals surface area contributed by atoms with E-state index in [9.17, 15) is 4.79 Å². The fraction of sp³-hybridized carbons (Fsp3) is 0.545. The van der Waals surface area contributed by atoms with Crippen LogP contribution in [0.15, 0.2) is 42.7 Å². The van der Waals surface area contributed by atoms with Gasteiger partial charge in [0.1, 0.15) is 5.75 Å². The van der Waals surface area contributed by atoms with Gasteiger partial charge in [0.2, 0.25) is 5.91 Å². The van der Waals surface area contributed by atoms with Gasteiger partial charge in [0.05, 0.1) is 13.2 Å². The number of methoxy groups -OCH3 is 1. The molecule has 4 aliphatic heterocycles. The molecule has 1 amide bonds. The van der Waals surface area contributed by atoms with Crippen molar-refractivity contribution >= 4 is 5.91 Å². The van der Waals surface area contributed by atoms with E-state index in [2.05, 4.69) is 33.1 Å². The lowest BCUT2D eigenvalue weighted by Gasteiger charge is -2.51. The Bertz CT molecular complexity index is 829. The van der Waals surface area contributed by atoms with Gasteiger partial charge in [0, 0.05) is 43.9 Å². The van der Waals surface area contributed by atoms with Gasteiger partial charge in [-0.25, -0.2) is 0 Å². The summed E-state index contributed by atoms with van der Waals surface area (Å²) in [6.07, 6.45) is 6.64. The monoisotopic (exact) mass is 380 g/mol. The number of amides is 1. The summed E-state index contributed by atoms with van der Waals surface area (Å²) < 4.78 is 7.31. The van der Waals surface area contributed by atoms with E-state index >= 15 is 0 Å². The number of aromatic nitrogens is 2. The summed E-state index contributed by atoms with van der Waals surface area (Å²) >= 11 is 0. The van der Waals surface area contributed by atoms with Crippen LogP contribution in [0.5, 0.6) is 5.75 Å². The number of rotatable bonds is 5. The highest BCUT2D eigenvalue weighted by atomic mass is 16.5. The molecule has 3 unspecified atom stereocenters. The molecule has 4 saturated heterocycles. The van der Waals surface area contributed by atoms with E-state index in [4.69, 9.17) is 4.74 Å². The zero-order valence-electron chi connectivity index (χ0n) is 16.4. The molecule has 2 aromatic rings. The highest BCUT2D eigenvalue weighted by Gasteiger charge is 2.54. The Labute approximate surface area is 166 Å². The van der Waals surface area contributed by atoms with Crippen molar-refractivity contribution in [3.05, 3.63) is 48.3 Å². The molecule has 0 saturated carbocycles. The predicted molar refractivity (Wildman–Crippen MR) is 106 cm³/mol. The number of ether oxygens (including phenoxy) is 1. The summed E-state index contributed by atoms with van der Waals surface area (Å²) in [5.41, 5.74) is 1.30. The highest BCUT2D eigenvalue weighted by Crippen LogP contribution is 2.47. The largest absolute Gasteiger partial charge is 0.497 e. The Morgan fingerprint density at radius 1 is 1.21 bits per heavy atom. The molecule has 0 radical (unpaired) electrons. The van der Waals surface area contributed by atoms with Crippen molar-refractivity contribution in [2.75, 3.05) is 26.7 Å². The van der Waals surface area contributed by atoms with Crippen molar-refractivity contribution in [3.8, 4) is 5.75 Å². The lowest BCUT2D eigenvalue weighted by Crippen LogP contribution is -2.60. The van der Waals surface area contributed by atoms with Crippen molar-refractivity contribution in [2.45, 2.75) is 43.8 Å². The van der Waals surface area contributed by atoms with Crippen molar-refractivity contribution in [3.63, 3.8) is 0 Å². The number of benzene rings is 1. The second-order valence-electron chi connectivity index (χ2n) is 8.30. The standard InChI is InChI=1S/C22H28N4O2/c1-28-18-5-2-4-17(14-18)19-15-26(20(27)8-13-25-10-3-9-23-25)21-16-6-11-24(12-7-16)22(19)21/h2-5,9-10,14,16,19,21-22H,6-8,11-13,15H2,1H3. The number of nitrogens with zero attached hydrogens (tertiary/aromatic N) is 4. The third kappa shape index (κ3) is 3.00. The predicted octanol–water partition coefficient (Wildman–Crippen LogP) is 2.37. The fourth-order valence-electron chi connectivity index (χ4n) is 5.66. The van der Waals surface area contributed by atoms with Crippen molar-refractivity contribution < 1.29 is 9.53 Å². The quantitative estimate of drug-likeness (QED) is 0.799. The Morgan fingerprint density at radius 3 is 2.82 bits per heavy atom. The summed E-state index contributed by atoms with van der Waals surface area (Å²) in [6, 6.07) is 11.1. The lowest BCUT2D eigenvalue weighted by molar-refractivity contribution is -0.136. The molecule has 4 aliphatic rings. The molecular weight excluding hydrogens is 352 g/mol. The van der Waals surface area contributed by atoms with Crippen LogP contribution in [-0.2, 0) is 11.3 Å². The normalized spacial score (nSPS) is 31.0. The second kappa shape index (κ2) is 7.24. The van der Waals surface area contributed by atoms with Crippen LogP contribution >= 0.6 is 0 Å². The fourth-order valence-corrected chi connectivity index (χ4v) is 5.66. The van der Waals surface area contributed by atoms with Crippen molar-refractivity contribution in [2.24, 2.45) is 5.92 Å². The summed E-state index contributed by atoms with van der Waals surface area (Å²) in [5.74, 6) is 2.16. The minimum atomic E-state index is 0.268. The van der Waals surface area contributed by atoms with Gasteiger partial charge in [-0.05, 0) is 55.6 Å². The van der Waals surface area contributed by atoms with Crippen LogP contribution in [0.1, 0.15) is 30.7 Å².